The first-order valence-corrected chi connectivity index (χ1v) is 13.4. The molecule has 2 aliphatic heterocycles. The summed E-state index contributed by atoms with van der Waals surface area (Å²) < 4.78 is 16.7. The molecule has 210 valence electrons. The van der Waals surface area contributed by atoms with Gasteiger partial charge in [-0.1, -0.05) is 0 Å². The van der Waals surface area contributed by atoms with Gasteiger partial charge >= 0.3 is 0 Å². The fraction of sp³-hybridized carbons (Fsp3) is 0.500. The normalized spacial score (nSPS) is 17.9. The number of morpholine rings is 1. The van der Waals surface area contributed by atoms with Crippen molar-refractivity contribution in [3.63, 3.8) is 0 Å². The highest BCUT2D eigenvalue weighted by molar-refractivity contribution is 5.94. The average molecular weight is 541 g/mol. The SMILES string of the molecule is O=C(C=Cc1ccc([N+](=O)[O-])cc1)N(CCCN1CCOCC1)CC(=O)N(Cc1ccco1)CC1CCCO1. The summed E-state index contributed by atoms with van der Waals surface area (Å²) in [7, 11) is 0. The molecule has 0 N–H and O–H groups in total. The van der Waals surface area contributed by atoms with Gasteiger partial charge in [0.1, 0.15) is 12.3 Å². The van der Waals surface area contributed by atoms with Crippen LogP contribution in [-0.4, -0.2) is 96.6 Å². The molecular weight excluding hydrogens is 504 g/mol. The van der Waals surface area contributed by atoms with Crippen LogP contribution in [0.4, 0.5) is 5.69 Å². The van der Waals surface area contributed by atoms with E-state index in [1.54, 1.807) is 40.3 Å². The molecule has 2 fully saturated rings. The summed E-state index contributed by atoms with van der Waals surface area (Å²) >= 11 is 0. The van der Waals surface area contributed by atoms with Crippen LogP contribution in [0.1, 0.15) is 30.6 Å². The van der Waals surface area contributed by atoms with Crippen molar-refractivity contribution in [2.45, 2.75) is 31.9 Å². The van der Waals surface area contributed by atoms with E-state index in [9.17, 15) is 19.7 Å². The minimum atomic E-state index is -0.467. The van der Waals surface area contributed by atoms with E-state index >= 15 is 0 Å². The van der Waals surface area contributed by atoms with Gasteiger partial charge in [-0.15, -0.1) is 0 Å². The lowest BCUT2D eigenvalue weighted by molar-refractivity contribution is -0.384. The number of non-ortho nitro benzene ring substituents is 1. The summed E-state index contributed by atoms with van der Waals surface area (Å²) in [5.41, 5.74) is 0.642. The van der Waals surface area contributed by atoms with Crippen molar-refractivity contribution in [3.8, 4) is 0 Å². The summed E-state index contributed by atoms with van der Waals surface area (Å²) in [5, 5.41) is 10.9. The summed E-state index contributed by atoms with van der Waals surface area (Å²) in [6, 6.07) is 9.57. The third-order valence-electron chi connectivity index (χ3n) is 6.89. The third-order valence-corrected chi connectivity index (χ3v) is 6.89. The van der Waals surface area contributed by atoms with Crippen LogP contribution >= 0.6 is 0 Å². The first-order valence-electron chi connectivity index (χ1n) is 13.4. The van der Waals surface area contributed by atoms with Crippen molar-refractivity contribution < 1.29 is 28.4 Å². The van der Waals surface area contributed by atoms with Gasteiger partial charge < -0.3 is 23.7 Å². The van der Waals surface area contributed by atoms with Crippen molar-refractivity contribution in [1.82, 2.24) is 14.7 Å². The van der Waals surface area contributed by atoms with E-state index in [2.05, 4.69) is 4.90 Å². The van der Waals surface area contributed by atoms with Gasteiger partial charge in [0.25, 0.3) is 5.69 Å². The third kappa shape index (κ3) is 9.02. The maximum Gasteiger partial charge on any atom is 0.269 e. The monoisotopic (exact) mass is 540 g/mol. The topological polar surface area (TPSA) is 119 Å². The maximum absolute atomic E-state index is 13.5. The first-order chi connectivity index (χ1) is 19.0. The predicted molar refractivity (Wildman–Crippen MR) is 144 cm³/mol. The van der Waals surface area contributed by atoms with E-state index in [0.717, 1.165) is 32.5 Å². The number of carbonyl (C=O) groups is 2. The van der Waals surface area contributed by atoms with Gasteiger partial charge in [-0.2, -0.15) is 0 Å². The van der Waals surface area contributed by atoms with Crippen LogP contribution in [0.25, 0.3) is 6.08 Å². The van der Waals surface area contributed by atoms with Crippen molar-refractivity contribution in [2.75, 3.05) is 59.1 Å². The number of carbonyl (C=O) groups excluding carboxylic acids is 2. The fourth-order valence-corrected chi connectivity index (χ4v) is 4.70. The Morgan fingerprint density at radius 2 is 1.90 bits per heavy atom. The number of rotatable bonds is 13. The van der Waals surface area contributed by atoms with E-state index in [1.165, 1.54) is 18.2 Å². The molecule has 2 saturated heterocycles. The second kappa shape index (κ2) is 14.6. The molecule has 0 bridgehead atoms. The lowest BCUT2D eigenvalue weighted by Crippen LogP contribution is -2.45. The number of nitrogens with zero attached hydrogens (tertiary/aromatic N) is 4. The number of amides is 2. The summed E-state index contributed by atoms with van der Waals surface area (Å²) in [6.45, 7) is 5.69. The molecule has 2 amide bonds. The van der Waals surface area contributed by atoms with Gasteiger partial charge in [0.2, 0.25) is 11.8 Å². The van der Waals surface area contributed by atoms with Gasteiger partial charge in [0.05, 0.1) is 37.0 Å². The van der Waals surface area contributed by atoms with Crippen molar-refractivity contribution >= 4 is 23.6 Å². The smallest absolute Gasteiger partial charge is 0.269 e. The van der Waals surface area contributed by atoms with Gasteiger partial charge in [-0.25, -0.2) is 0 Å². The van der Waals surface area contributed by atoms with Gasteiger partial charge in [0, 0.05) is 57.5 Å². The molecule has 2 aliphatic rings. The largest absolute Gasteiger partial charge is 0.467 e. The number of benzene rings is 1. The summed E-state index contributed by atoms with van der Waals surface area (Å²) in [5.74, 6) is 0.203. The van der Waals surface area contributed by atoms with Crippen LogP contribution in [0.5, 0.6) is 0 Å². The molecule has 1 aromatic carbocycles. The van der Waals surface area contributed by atoms with Crippen LogP contribution in [-0.2, 0) is 25.6 Å². The minimum absolute atomic E-state index is 0.0169. The van der Waals surface area contributed by atoms with E-state index in [-0.39, 0.29) is 30.2 Å². The molecule has 4 rings (SSSR count). The van der Waals surface area contributed by atoms with Crippen LogP contribution in [0.2, 0.25) is 0 Å². The Hall–Kier alpha value is -3.54. The zero-order chi connectivity index (χ0) is 27.5. The number of ether oxygens (including phenoxy) is 2. The van der Waals surface area contributed by atoms with E-state index in [1.807, 2.05) is 6.07 Å². The lowest BCUT2D eigenvalue weighted by atomic mass is 10.2. The van der Waals surface area contributed by atoms with E-state index in [0.29, 0.717) is 57.2 Å². The lowest BCUT2D eigenvalue weighted by Gasteiger charge is -2.30. The molecular formula is C28H36N4O7. The molecule has 39 heavy (non-hydrogen) atoms. The Labute approximate surface area is 228 Å². The molecule has 3 heterocycles. The average Bonchev–Trinajstić information content (AvgIpc) is 3.66. The van der Waals surface area contributed by atoms with Crippen molar-refractivity contribution in [2.24, 2.45) is 0 Å². The molecule has 11 nitrogen and oxygen atoms in total. The van der Waals surface area contributed by atoms with E-state index in [4.69, 9.17) is 13.9 Å². The summed E-state index contributed by atoms with van der Waals surface area (Å²) in [4.78, 5) is 42.8. The van der Waals surface area contributed by atoms with Crippen LogP contribution in [0, 0.1) is 10.1 Å². The molecule has 11 heteroatoms. The molecule has 1 atom stereocenters. The number of hydrogen-bond acceptors (Lipinski definition) is 8. The second-order valence-corrected chi connectivity index (χ2v) is 9.74. The molecule has 0 saturated carbocycles. The molecule has 0 spiro atoms. The molecule has 0 radical (unpaired) electrons. The highest BCUT2D eigenvalue weighted by Gasteiger charge is 2.26. The second-order valence-electron chi connectivity index (χ2n) is 9.74. The Bertz CT molecular complexity index is 1090. The highest BCUT2D eigenvalue weighted by Crippen LogP contribution is 2.17. The fourth-order valence-electron chi connectivity index (χ4n) is 4.70. The van der Waals surface area contributed by atoms with Crippen LogP contribution in [0.15, 0.2) is 53.2 Å². The van der Waals surface area contributed by atoms with Gasteiger partial charge in [0.15, 0.2) is 0 Å². The predicted octanol–water partition coefficient (Wildman–Crippen LogP) is 2.96. The Balaban J connectivity index is 1.43. The van der Waals surface area contributed by atoms with Gasteiger partial charge in [-0.3, -0.25) is 24.6 Å². The standard InChI is InChI=1S/C28H36N4O7/c33-27(11-8-23-6-9-24(10-7-23)32(35)36)30(13-3-12-29-14-18-37-19-15-29)22-28(34)31(20-25-4-1-16-38-25)21-26-5-2-17-39-26/h1,4,6-11,16,26H,2-3,5,12-15,17-22H2. The number of nitro benzene ring substituents is 1. The molecule has 1 aromatic heterocycles. The Morgan fingerprint density at radius 1 is 1.10 bits per heavy atom. The molecule has 1 unspecified atom stereocenters. The zero-order valence-corrected chi connectivity index (χ0v) is 22.1. The van der Waals surface area contributed by atoms with Crippen molar-refractivity contribution in [1.29, 1.82) is 0 Å². The van der Waals surface area contributed by atoms with Crippen LogP contribution < -0.4 is 0 Å². The maximum atomic E-state index is 13.5. The van der Waals surface area contributed by atoms with E-state index < -0.39 is 4.92 Å². The van der Waals surface area contributed by atoms with Crippen LogP contribution in [0.3, 0.4) is 0 Å². The first kappa shape index (κ1) is 28.5. The Morgan fingerprint density at radius 3 is 2.56 bits per heavy atom. The van der Waals surface area contributed by atoms with Crippen molar-refractivity contribution in [3.05, 3.63) is 70.2 Å². The molecule has 2 aromatic rings. The quantitative estimate of drug-likeness (QED) is 0.216. The minimum Gasteiger partial charge on any atom is -0.467 e. The summed E-state index contributed by atoms with van der Waals surface area (Å²) in [6.07, 6.45) is 7.15. The number of nitro groups is 1. The Kier molecular flexibility index (Phi) is 10.6. The molecule has 0 aliphatic carbocycles. The zero-order valence-electron chi connectivity index (χ0n) is 22.1. The highest BCUT2D eigenvalue weighted by atomic mass is 16.6. The number of furan rings is 1. The number of hydrogen-bond donors (Lipinski definition) is 0. The van der Waals surface area contributed by atoms with Gasteiger partial charge in [-0.05, 0) is 55.2 Å².